The summed E-state index contributed by atoms with van der Waals surface area (Å²) in [5, 5.41) is 7.09. The highest BCUT2D eigenvalue weighted by atomic mass is 16.1. The minimum absolute atomic E-state index is 0.00490. The zero-order valence-corrected chi connectivity index (χ0v) is 10.9. The minimum atomic E-state index is 0.00490. The highest BCUT2D eigenvalue weighted by Crippen LogP contribution is 2.22. The third kappa shape index (κ3) is 3.10. The van der Waals surface area contributed by atoms with E-state index in [0.29, 0.717) is 6.54 Å². The number of nitrogens with zero attached hydrogens (tertiary/aromatic N) is 2. The molecule has 1 aromatic rings. The van der Waals surface area contributed by atoms with Gasteiger partial charge in [-0.05, 0) is 18.9 Å². The van der Waals surface area contributed by atoms with E-state index in [1.54, 1.807) is 6.20 Å². The molecule has 1 saturated carbocycles. The van der Waals surface area contributed by atoms with Crippen LogP contribution in [0.25, 0.3) is 0 Å². The fourth-order valence-corrected chi connectivity index (χ4v) is 2.58. The van der Waals surface area contributed by atoms with Crippen molar-refractivity contribution in [1.82, 2.24) is 15.1 Å². The van der Waals surface area contributed by atoms with Gasteiger partial charge in [-0.1, -0.05) is 12.8 Å². The number of nitrogens with one attached hydrogen (secondary N) is 1. The Morgan fingerprint density at radius 1 is 1.56 bits per heavy atom. The number of aromatic nitrogens is 2. The maximum Gasteiger partial charge on any atom is 0.224 e. The molecule has 1 aliphatic carbocycles. The minimum Gasteiger partial charge on any atom is -0.355 e. The van der Waals surface area contributed by atoms with Crippen molar-refractivity contribution in [3.63, 3.8) is 0 Å². The first-order valence-electron chi connectivity index (χ1n) is 6.68. The highest BCUT2D eigenvalue weighted by Gasteiger charge is 2.27. The number of hydrogen-bond donors (Lipinski definition) is 2. The van der Waals surface area contributed by atoms with Crippen LogP contribution < -0.4 is 11.1 Å². The van der Waals surface area contributed by atoms with Crippen molar-refractivity contribution in [2.75, 3.05) is 6.54 Å². The lowest BCUT2D eigenvalue weighted by Crippen LogP contribution is -2.44. The van der Waals surface area contributed by atoms with Gasteiger partial charge in [0.1, 0.15) is 0 Å². The SMILES string of the molecule is Cn1nccc1CCNC(=O)C1CCCCC1N. The van der Waals surface area contributed by atoms with Crippen LogP contribution in [0.15, 0.2) is 12.3 Å². The molecule has 0 saturated heterocycles. The van der Waals surface area contributed by atoms with Gasteiger partial charge in [-0.25, -0.2) is 0 Å². The Balaban J connectivity index is 1.76. The molecule has 0 radical (unpaired) electrons. The Hall–Kier alpha value is -1.36. The normalized spacial score (nSPS) is 23.9. The maximum absolute atomic E-state index is 12.0. The molecule has 2 rings (SSSR count). The largest absolute Gasteiger partial charge is 0.355 e. The molecule has 1 aromatic heterocycles. The summed E-state index contributed by atoms with van der Waals surface area (Å²) >= 11 is 0. The second kappa shape index (κ2) is 6.00. The summed E-state index contributed by atoms with van der Waals surface area (Å²) in [5.41, 5.74) is 7.12. The first-order chi connectivity index (χ1) is 8.68. The summed E-state index contributed by atoms with van der Waals surface area (Å²) < 4.78 is 1.83. The van der Waals surface area contributed by atoms with Crippen LogP contribution in [0.1, 0.15) is 31.4 Å². The molecule has 3 N–H and O–H groups in total. The molecule has 5 nitrogen and oxygen atoms in total. The Morgan fingerprint density at radius 3 is 3.00 bits per heavy atom. The number of carbonyl (C=O) groups excluding carboxylic acids is 1. The van der Waals surface area contributed by atoms with Crippen LogP contribution in [0.2, 0.25) is 0 Å². The molecular formula is C13H22N4O. The van der Waals surface area contributed by atoms with E-state index < -0.39 is 0 Å². The van der Waals surface area contributed by atoms with Crippen molar-refractivity contribution >= 4 is 5.91 Å². The monoisotopic (exact) mass is 250 g/mol. The van der Waals surface area contributed by atoms with Crippen molar-refractivity contribution in [1.29, 1.82) is 0 Å². The summed E-state index contributed by atoms with van der Waals surface area (Å²) in [4.78, 5) is 12.0. The second-order valence-corrected chi connectivity index (χ2v) is 5.04. The number of hydrogen-bond acceptors (Lipinski definition) is 3. The van der Waals surface area contributed by atoms with Gasteiger partial charge < -0.3 is 11.1 Å². The molecule has 1 amide bonds. The Morgan fingerprint density at radius 2 is 2.33 bits per heavy atom. The summed E-state index contributed by atoms with van der Waals surface area (Å²) in [6, 6.07) is 2.01. The number of nitrogens with two attached hydrogens (primary N) is 1. The highest BCUT2D eigenvalue weighted by molar-refractivity contribution is 5.79. The Kier molecular flexibility index (Phi) is 4.36. The van der Waals surface area contributed by atoms with Crippen molar-refractivity contribution in [3.8, 4) is 0 Å². The number of rotatable bonds is 4. The van der Waals surface area contributed by atoms with Crippen molar-refractivity contribution in [3.05, 3.63) is 18.0 Å². The average Bonchev–Trinajstić information content (AvgIpc) is 2.75. The van der Waals surface area contributed by atoms with Crippen LogP contribution in [0.5, 0.6) is 0 Å². The molecule has 2 unspecified atom stereocenters. The van der Waals surface area contributed by atoms with Crippen LogP contribution in [-0.2, 0) is 18.3 Å². The van der Waals surface area contributed by atoms with Crippen molar-refractivity contribution < 1.29 is 4.79 Å². The Labute approximate surface area is 108 Å². The Bertz CT molecular complexity index is 401. The van der Waals surface area contributed by atoms with E-state index in [9.17, 15) is 4.79 Å². The lowest BCUT2D eigenvalue weighted by molar-refractivity contribution is -0.126. The predicted octanol–water partition coefficient (Wildman–Crippen LogP) is 0.596. The fourth-order valence-electron chi connectivity index (χ4n) is 2.58. The summed E-state index contributed by atoms with van der Waals surface area (Å²) in [7, 11) is 1.91. The molecule has 18 heavy (non-hydrogen) atoms. The number of carbonyl (C=O) groups is 1. The molecule has 0 spiro atoms. The summed E-state index contributed by atoms with van der Waals surface area (Å²) in [5.74, 6) is 0.120. The number of amides is 1. The van der Waals surface area contributed by atoms with Crippen molar-refractivity contribution in [2.24, 2.45) is 18.7 Å². The zero-order chi connectivity index (χ0) is 13.0. The molecule has 100 valence electrons. The van der Waals surface area contributed by atoms with Crippen molar-refractivity contribution in [2.45, 2.75) is 38.1 Å². The van der Waals surface area contributed by atoms with E-state index >= 15 is 0 Å². The molecule has 0 aliphatic heterocycles. The van der Waals surface area contributed by atoms with E-state index in [2.05, 4.69) is 10.4 Å². The molecule has 1 fully saturated rings. The quantitative estimate of drug-likeness (QED) is 0.821. The standard InChI is InChI=1S/C13H22N4O/c1-17-10(7-9-16-17)6-8-15-13(18)11-4-2-3-5-12(11)14/h7,9,11-12H,2-6,8,14H2,1H3,(H,15,18). The first kappa shape index (κ1) is 13.1. The van der Waals surface area contributed by atoms with Gasteiger partial charge in [-0.15, -0.1) is 0 Å². The molecule has 0 aromatic carbocycles. The molecule has 0 bridgehead atoms. The predicted molar refractivity (Wildman–Crippen MR) is 69.9 cm³/mol. The second-order valence-electron chi connectivity index (χ2n) is 5.04. The van der Waals surface area contributed by atoms with Gasteiger partial charge in [0.25, 0.3) is 0 Å². The summed E-state index contributed by atoms with van der Waals surface area (Å²) in [6.45, 7) is 0.654. The maximum atomic E-state index is 12.0. The molecule has 1 aliphatic rings. The third-order valence-corrected chi connectivity index (χ3v) is 3.76. The number of aryl methyl sites for hydroxylation is 1. The smallest absolute Gasteiger partial charge is 0.224 e. The molecule has 1 heterocycles. The van der Waals surface area contributed by atoms with Crippen LogP contribution in [0.3, 0.4) is 0 Å². The van der Waals surface area contributed by atoms with Crippen LogP contribution in [-0.4, -0.2) is 28.3 Å². The van der Waals surface area contributed by atoms with Gasteiger partial charge in [0.15, 0.2) is 0 Å². The first-order valence-corrected chi connectivity index (χ1v) is 6.68. The van der Waals surface area contributed by atoms with Gasteiger partial charge in [0.05, 0.1) is 5.92 Å². The van der Waals surface area contributed by atoms with E-state index in [-0.39, 0.29) is 17.9 Å². The lowest BCUT2D eigenvalue weighted by Gasteiger charge is -2.27. The zero-order valence-electron chi connectivity index (χ0n) is 10.9. The third-order valence-electron chi connectivity index (χ3n) is 3.76. The van der Waals surface area contributed by atoms with Crippen LogP contribution >= 0.6 is 0 Å². The van der Waals surface area contributed by atoms with E-state index in [1.807, 2.05) is 17.8 Å². The van der Waals surface area contributed by atoms with Gasteiger partial charge in [-0.3, -0.25) is 9.48 Å². The fraction of sp³-hybridized carbons (Fsp3) is 0.692. The van der Waals surface area contributed by atoms with Crippen LogP contribution in [0, 0.1) is 5.92 Å². The average molecular weight is 250 g/mol. The molecular weight excluding hydrogens is 228 g/mol. The van der Waals surface area contributed by atoms with Gasteiger partial charge in [0.2, 0.25) is 5.91 Å². The summed E-state index contributed by atoms with van der Waals surface area (Å²) in [6.07, 6.45) is 6.75. The molecule has 5 heteroatoms. The van der Waals surface area contributed by atoms with E-state index in [1.165, 1.54) is 0 Å². The molecule has 2 atom stereocenters. The lowest BCUT2D eigenvalue weighted by atomic mass is 9.84. The van der Waals surface area contributed by atoms with E-state index in [4.69, 9.17) is 5.73 Å². The van der Waals surface area contributed by atoms with E-state index in [0.717, 1.165) is 37.8 Å². The topological polar surface area (TPSA) is 72.9 Å². The van der Waals surface area contributed by atoms with Gasteiger partial charge in [-0.2, -0.15) is 5.10 Å². The van der Waals surface area contributed by atoms with Crippen LogP contribution in [0.4, 0.5) is 0 Å². The van der Waals surface area contributed by atoms with Gasteiger partial charge in [0, 0.05) is 37.9 Å². The van der Waals surface area contributed by atoms with Gasteiger partial charge >= 0.3 is 0 Å².